The lowest BCUT2D eigenvalue weighted by atomic mass is 10.1. The topological polar surface area (TPSA) is 53.1 Å². The van der Waals surface area contributed by atoms with Gasteiger partial charge in [0.1, 0.15) is 5.75 Å². The van der Waals surface area contributed by atoms with E-state index in [1.54, 1.807) is 30.2 Å². The molecular weight excluding hydrogens is 425 g/mol. The molecule has 0 radical (unpaired) electrons. The Kier molecular flexibility index (Phi) is 6.06. The molecule has 2 aliphatic rings. The van der Waals surface area contributed by atoms with Gasteiger partial charge in [-0.25, -0.2) is 0 Å². The van der Waals surface area contributed by atoms with Gasteiger partial charge < -0.3 is 19.4 Å². The quantitative estimate of drug-likeness (QED) is 0.716. The number of piperazine rings is 1. The molecule has 2 aliphatic heterocycles. The second-order valence-corrected chi connectivity index (χ2v) is 8.33. The second kappa shape index (κ2) is 8.74. The fraction of sp³-hybridized carbons (Fsp3) is 0.364. The maximum absolute atomic E-state index is 13.1. The summed E-state index contributed by atoms with van der Waals surface area (Å²) in [5.74, 6) is 0.122. The van der Waals surface area contributed by atoms with Crippen LogP contribution in [0.5, 0.6) is 5.75 Å². The van der Waals surface area contributed by atoms with Crippen LogP contribution in [0.25, 0.3) is 0 Å². The second-order valence-electron chi connectivity index (χ2n) is 7.49. The Morgan fingerprint density at radius 2 is 1.77 bits per heavy atom. The first kappa shape index (κ1) is 20.8. The largest absolute Gasteiger partial charge is 0.495 e. The van der Waals surface area contributed by atoms with E-state index in [0.717, 1.165) is 5.69 Å². The van der Waals surface area contributed by atoms with Crippen molar-refractivity contribution in [3.05, 3.63) is 52.5 Å². The van der Waals surface area contributed by atoms with Crippen LogP contribution in [0.3, 0.4) is 0 Å². The number of nitrogens with zero attached hydrogens (tertiary/aromatic N) is 3. The van der Waals surface area contributed by atoms with Gasteiger partial charge in [-0.05, 0) is 30.3 Å². The van der Waals surface area contributed by atoms with Crippen molar-refractivity contribution in [1.29, 1.82) is 0 Å². The van der Waals surface area contributed by atoms with E-state index in [0.29, 0.717) is 54.2 Å². The van der Waals surface area contributed by atoms with Crippen LogP contribution in [0.1, 0.15) is 6.42 Å². The standard InChI is InChI=1S/C22H23Cl2N3O3/c1-30-20-7-6-16(23)13-19(20)27-14-15(12-21(27)28)22(29)26-10-8-25(9-11-26)18-5-3-2-4-17(18)24/h2-7,13,15H,8-12,14H2,1H3. The van der Waals surface area contributed by atoms with E-state index in [9.17, 15) is 9.59 Å². The Labute approximate surface area is 185 Å². The summed E-state index contributed by atoms with van der Waals surface area (Å²) >= 11 is 12.4. The van der Waals surface area contributed by atoms with Gasteiger partial charge in [0, 0.05) is 44.2 Å². The minimum Gasteiger partial charge on any atom is -0.495 e. The van der Waals surface area contributed by atoms with Crippen LogP contribution in [-0.4, -0.2) is 56.5 Å². The molecule has 6 nitrogen and oxygen atoms in total. The fourth-order valence-corrected chi connectivity index (χ4v) is 4.54. The molecule has 2 saturated heterocycles. The summed E-state index contributed by atoms with van der Waals surface area (Å²) in [7, 11) is 1.55. The van der Waals surface area contributed by atoms with Crippen molar-refractivity contribution in [3.63, 3.8) is 0 Å². The zero-order chi connectivity index (χ0) is 21.3. The minimum absolute atomic E-state index is 0.0191. The predicted octanol–water partition coefficient (Wildman–Crippen LogP) is 3.70. The van der Waals surface area contributed by atoms with Gasteiger partial charge in [0.2, 0.25) is 11.8 Å². The smallest absolute Gasteiger partial charge is 0.228 e. The number of hydrogen-bond donors (Lipinski definition) is 0. The normalized spacial score (nSPS) is 19.4. The lowest BCUT2D eigenvalue weighted by molar-refractivity contribution is -0.136. The number of carbonyl (C=O) groups is 2. The van der Waals surface area contributed by atoms with Gasteiger partial charge in [-0.2, -0.15) is 0 Å². The van der Waals surface area contributed by atoms with Crippen LogP contribution in [-0.2, 0) is 9.59 Å². The van der Waals surface area contributed by atoms with Gasteiger partial charge in [-0.1, -0.05) is 35.3 Å². The number of anilines is 2. The molecule has 0 spiro atoms. The van der Waals surface area contributed by atoms with Crippen molar-refractivity contribution in [1.82, 2.24) is 4.90 Å². The lowest BCUT2D eigenvalue weighted by Crippen LogP contribution is -2.50. The molecule has 0 saturated carbocycles. The average Bonchev–Trinajstić information content (AvgIpc) is 3.15. The Morgan fingerprint density at radius 3 is 2.47 bits per heavy atom. The summed E-state index contributed by atoms with van der Waals surface area (Å²) in [5, 5.41) is 1.23. The number of halogens is 2. The number of carbonyl (C=O) groups excluding carboxylic acids is 2. The molecule has 2 amide bonds. The Balaban J connectivity index is 1.41. The first-order valence-electron chi connectivity index (χ1n) is 9.90. The van der Waals surface area contributed by atoms with Crippen LogP contribution in [0.4, 0.5) is 11.4 Å². The molecule has 2 aromatic carbocycles. The van der Waals surface area contributed by atoms with Crippen LogP contribution in [0.2, 0.25) is 10.0 Å². The third-order valence-electron chi connectivity index (χ3n) is 5.69. The molecule has 2 fully saturated rings. The average molecular weight is 448 g/mol. The van der Waals surface area contributed by atoms with E-state index in [1.807, 2.05) is 29.2 Å². The van der Waals surface area contributed by atoms with Crippen LogP contribution >= 0.6 is 23.2 Å². The summed E-state index contributed by atoms with van der Waals surface area (Å²) in [4.78, 5) is 31.4. The first-order chi connectivity index (χ1) is 14.5. The molecule has 158 valence electrons. The highest BCUT2D eigenvalue weighted by atomic mass is 35.5. The van der Waals surface area contributed by atoms with Crippen molar-refractivity contribution in [2.75, 3.05) is 49.6 Å². The van der Waals surface area contributed by atoms with Crippen molar-refractivity contribution in [2.45, 2.75) is 6.42 Å². The van der Waals surface area contributed by atoms with Crippen molar-refractivity contribution in [2.24, 2.45) is 5.92 Å². The first-order valence-corrected chi connectivity index (χ1v) is 10.7. The summed E-state index contributed by atoms with van der Waals surface area (Å²) in [6, 6.07) is 12.9. The van der Waals surface area contributed by atoms with Crippen molar-refractivity contribution < 1.29 is 14.3 Å². The van der Waals surface area contributed by atoms with E-state index in [2.05, 4.69) is 4.90 Å². The third kappa shape index (κ3) is 4.07. The van der Waals surface area contributed by atoms with Gasteiger partial charge in [-0.3, -0.25) is 9.59 Å². The van der Waals surface area contributed by atoms with Gasteiger partial charge in [0.25, 0.3) is 0 Å². The number of amides is 2. The number of para-hydroxylation sites is 1. The van der Waals surface area contributed by atoms with Gasteiger partial charge >= 0.3 is 0 Å². The summed E-state index contributed by atoms with van der Waals surface area (Å²) in [6.07, 6.45) is 0.194. The molecule has 1 atom stereocenters. The SMILES string of the molecule is COc1ccc(Cl)cc1N1CC(C(=O)N2CCN(c3ccccc3Cl)CC2)CC1=O. The number of methoxy groups -OCH3 is 1. The molecular formula is C22H23Cl2N3O3. The van der Waals surface area contributed by atoms with Gasteiger partial charge in [-0.15, -0.1) is 0 Å². The highest BCUT2D eigenvalue weighted by molar-refractivity contribution is 6.33. The Morgan fingerprint density at radius 1 is 1.03 bits per heavy atom. The zero-order valence-corrected chi connectivity index (χ0v) is 18.2. The van der Waals surface area contributed by atoms with E-state index >= 15 is 0 Å². The molecule has 0 N–H and O–H groups in total. The zero-order valence-electron chi connectivity index (χ0n) is 16.7. The molecule has 2 heterocycles. The van der Waals surface area contributed by atoms with E-state index in [4.69, 9.17) is 27.9 Å². The minimum atomic E-state index is -0.368. The molecule has 30 heavy (non-hydrogen) atoms. The molecule has 0 aromatic heterocycles. The Hall–Kier alpha value is -2.44. The summed E-state index contributed by atoms with van der Waals surface area (Å²) in [6.45, 7) is 2.97. The maximum atomic E-state index is 13.1. The summed E-state index contributed by atoms with van der Waals surface area (Å²) in [5.41, 5.74) is 1.59. The number of ether oxygens (including phenoxy) is 1. The Bertz CT molecular complexity index is 960. The molecule has 8 heteroatoms. The highest BCUT2D eigenvalue weighted by Gasteiger charge is 2.39. The van der Waals surface area contributed by atoms with Crippen molar-refractivity contribution in [3.8, 4) is 5.75 Å². The highest BCUT2D eigenvalue weighted by Crippen LogP contribution is 2.36. The van der Waals surface area contributed by atoms with E-state index < -0.39 is 0 Å². The monoisotopic (exact) mass is 447 g/mol. The fourth-order valence-electron chi connectivity index (χ4n) is 4.11. The molecule has 0 aliphatic carbocycles. The molecule has 2 aromatic rings. The van der Waals surface area contributed by atoms with Gasteiger partial charge in [0.05, 0.1) is 29.4 Å². The van der Waals surface area contributed by atoms with E-state index in [-0.39, 0.29) is 24.2 Å². The van der Waals surface area contributed by atoms with Gasteiger partial charge in [0.15, 0.2) is 0 Å². The van der Waals surface area contributed by atoms with Crippen LogP contribution in [0, 0.1) is 5.92 Å². The van der Waals surface area contributed by atoms with Crippen LogP contribution < -0.4 is 14.5 Å². The predicted molar refractivity (Wildman–Crippen MR) is 119 cm³/mol. The molecule has 4 rings (SSSR count). The molecule has 1 unspecified atom stereocenters. The van der Waals surface area contributed by atoms with Crippen molar-refractivity contribution >= 4 is 46.4 Å². The van der Waals surface area contributed by atoms with Crippen LogP contribution in [0.15, 0.2) is 42.5 Å². The maximum Gasteiger partial charge on any atom is 0.228 e. The number of hydrogen-bond acceptors (Lipinski definition) is 4. The number of benzene rings is 2. The van der Waals surface area contributed by atoms with E-state index in [1.165, 1.54) is 0 Å². The summed E-state index contributed by atoms with van der Waals surface area (Å²) < 4.78 is 5.37. The third-order valence-corrected chi connectivity index (χ3v) is 6.25. The molecule has 0 bridgehead atoms. The number of rotatable bonds is 4. The lowest BCUT2D eigenvalue weighted by Gasteiger charge is -2.37.